The molecule has 116 valence electrons. The summed E-state index contributed by atoms with van der Waals surface area (Å²) in [5, 5.41) is 3.76. The summed E-state index contributed by atoms with van der Waals surface area (Å²) in [5.41, 5.74) is 1.12. The lowest BCUT2D eigenvalue weighted by atomic mass is 9.88. The van der Waals surface area contributed by atoms with Crippen molar-refractivity contribution >= 4 is 10.0 Å². The third-order valence-electron chi connectivity index (χ3n) is 4.53. The molecule has 0 bridgehead atoms. The second-order valence-electron chi connectivity index (χ2n) is 5.97. The average molecular weight is 319 g/mol. The quantitative estimate of drug-likeness (QED) is 0.858. The van der Waals surface area contributed by atoms with Crippen molar-refractivity contribution in [3.05, 3.63) is 48.1 Å². The maximum absolute atomic E-state index is 12.5. The molecule has 1 aromatic heterocycles. The molecular weight excluding hydrogens is 302 g/mol. The van der Waals surface area contributed by atoms with Gasteiger partial charge in [-0.3, -0.25) is 0 Å². The molecule has 6 nitrogen and oxygen atoms in total. The van der Waals surface area contributed by atoms with E-state index in [1.54, 1.807) is 4.31 Å². The molecular formula is C15H17N3O3S. The molecule has 7 heteroatoms. The highest BCUT2D eigenvalue weighted by Crippen LogP contribution is 2.42. The lowest BCUT2D eigenvalue weighted by Crippen LogP contribution is -2.32. The Morgan fingerprint density at radius 1 is 1.09 bits per heavy atom. The van der Waals surface area contributed by atoms with Crippen molar-refractivity contribution in [3.63, 3.8) is 0 Å². The van der Waals surface area contributed by atoms with E-state index in [0.29, 0.717) is 18.9 Å². The van der Waals surface area contributed by atoms with Crippen LogP contribution < -0.4 is 0 Å². The predicted octanol–water partition coefficient (Wildman–Crippen LogP) is 1.74. The van der Waals surface area contributed by atoms with E-state index in [4.69, 9.17) is 4.52 Å². The van der Waals surface area contributed by atoms with Gasteiger partial charge >= 0.3 is 0 Å². The number of nitrogens with zero attached hydrogens (tertiary/aromatic N) is 3. The van der Waals surface area contributed by atoms with E-state index in [2.05, 4.69) is 10.1 Å². The lowest BCUT2D eigenvalue weighted by Gasteiger charge is -2.16. The lowest BCUT2D eigenvalue weighted by molar-refractivity contribution is 0.401. The van der Waals surface area contributed by atoms with E-state index < -0.39 is 10.0 Å². The summed E-state index contributed by atoms with van der Waals surface area (Å²) >= 11 is 0. The summed E-state index contributed by atoms with van der Waals surface area (Å²) in [6, 6.07) is 9.97. The highest BCUT2D eigenvalue weighted by molar-refractivity contribution is 7.90. The third-order valence-corrected chi connectivity index (χ3v) is 6.86. The topological polar surface area (TPSA) is 76.3 Å². The van der Waals surface area contributed by atoms with Crippen LogP contribution in [0.5, 0.6) is 0 Å². The molecule has 1 aromatic carbocycles. The molecule has 1 saturated heterocycles. The minimum absolute atomic E-state index is 0.0605. The molecule has 2 heterocycles. The van der Waals surface area contributed by atoms with Crippen molar-refractivity contribution in [2.45, 2.75) is 29.9 Å². The van der Waals surface area contributed by atoms with E-state index in [1.165, 1.54) is 6.39 Å². The number of hydrogen-bond acceptors (Lipinski definition) is 5. The molecule has 0 spiro atoms. The van der Waals surface area contributed by atoms with Gasteiger partial charge in [-0.25, -0.2) is 12.7 Å². The van der Waals surface area contributed by atoms with Gasteiger partial charge in [0.25, 0.3) is 0 Å². The van der Waals surface area contributed by atoms with Crippen LogP contribution in [-0.4, -0.2) is 41.2 Å². The van der Waals surface area contributed by atoms with Crippen LogP contribution in [0.15, 0.2) is 41.2 Å². The zero-order valence-electron chi connectivity index (χ0n) is 12.0. The normalized spacial score (nSPS) is 26.4. The van der Waals surface area contributed by atoms with Gasteiger partial charge in [-0.1, -0.05) is 35.5 Å². The number of aromatic nitrogens is 2. The maximum atomic E-state index is 12.5. The molecule has 4 rings (SSSR count). The SMILES string of the molecule is O=S(=O)(C1CC1)N1C[C@H](c2ccccc2)[C@@H](c2ncon2)C1. The molecule has 2 atom stereocenters. The summed E-state index contributed by atoms with van der Waals surface area (Å²) in [6.45, 7) is 0.917. The van der Waals surface area contributed by atoms with Gasteiger partial charge in [-0.15, -0.1) is 0 Å². The van der Waals surface area contributed by atoms with Crippen LogP contribution in [0.1, 0.15) is 36.1 Å². The fourth-order valence-corrected chi connectivity index (χ4v) is 5.08. The first kappa shape index (κ1) is 13.9. The highest BCUT2D eigenvalue weighted by atomic mass is 32.2. The van der Waals surface area contributed by atoms with Crippen molar-refractivity contribution < 1.29 is 12.9 Å². The van der Waals surface area contributed by atoms with E-state index in [0.717, 1.165) is 18.4 Å². The Balaban J connectivity index is 1.68. The molecule has 1 aliphatic carbocycles. The van der Waals surface area contributed by atoms with Gasteiger partial charge in [-0.2, -0.15) is 4.98 Å². The summed E-state index contributed by atoms with van der Waals surface area (Å²) < 4.78 is 31.6. The summed E-state index contributed by atoms with van der Waals surface area (Å²) in [4.78, 5) is 4.15. The van der Waals surface area contributed by atoms with Crippen LogP contribution in [0, 0.1) is 0 Å². The van der Waals surface area contributed by atoms with Crippen LogP contribution in [0.4, 0.5) is 0 Å². The Morgan fingerprint density at radius 2 is 1.82 bits per heavy atom. The first-order chi connectivity index (χ1) is 10.7. The Morgan fingerprint density at radius 3 is 2.45 bits per heavy atom. The van der Waals surface area contributed by atoms with Gasteiger partial charge in [-0.05, 0) is 18.4 Å². The average Bonchev–Trinajstić information content (AvgIpc) is 3.09. The van der Waals surface area contributed by atoms with Crippen molar-refractivity contribution in [2.75, 3.05) is 13.1 Å². The van der Waals surface area contributed by atoms with Crippen molar-refractivity contribution in [1.29, 1.82) is 0 Å². The van der Waals surface area contributed by atoms with E-state index in [1.807, 2.05) is 30.3 Å². The van der Waals surface area contributed by atoms with Crippen LogP contribution >= 0.6 is 0 Å². The van der Waals surface area contributed by atoms with Gasteiger partial charge in [0, 0.05) is 24.9 Å². The van der Waals surface area contributed by atoms with E-state index >= 15 is 0 Å². The zero-order valence-corrected chi connectivity index (χ0v) is 12.8. The van der Waals surface area contributed by atoms with Crippen molar-refractivity contribution in [2.24, 2.45) is 0 Å². The van der Waals surface area contributed by atoms with Crippen LogP contribution in [-0.2, 0) is 10.0 Å². The van der Waals surface area contributed by atoms with Gasteiger partial charge in [0.15, 0.2) is 5.82 Å². The fraction of sp³-hybridized carbons (Fsp3) is 0.467. The van der Waals surface area contributed by atoms with Gasteiger partial charge in [0.2, 0.25) is 16.4 Å². The Hall–Kier alpha value is -1.73. The first-order valence-corrected chi connectivity index (χ1v) is 8.97. The molecule has 1 saturated carbocycles. The molecule has 22 heavy (non-hydrogen) atoms. The number of rotatable bonds is 4. The molecule has 2 aromatic rings. The first-order valence-electron chi connectivity index (χ1n) is 7.46. The largest absolute Gasteiger partial charge is 0.343 e. The molecule has 0 N–H and O–H groups in total. The van der Waals surface area contributed by atoms with Gasteiger partial charge in [0.05, 0.1) is 5.25 Å². The predicted molar refractivity (Wildman–Crippen MR) is 79.7 cm³/mol. The summed E-state index contributed by atoms with van der Waals surface area (Å²) in [7, 11) is -3.18. The summed E-state index contributed by atoms with van der Waals surface area (Å²) in [5.74, 6) is 0.587. The zero-order chi connectivity index (χ0) is 15.2. The van der Waals surface area contributed by atoms with Gasteiger partial charge in [0.1, 0.15) is 0 Å². The monoisotopic (exact) mass is 319 g/mol. The Labute approximate surface area is 129 Å². The van der Waals surface area contributed by atoms with Crippen molar-refractivity contribution in [3.8, 4) is 0 Å². The molecule has 0 amide bonds. The van der Waals surface area contributed by atoms with Gasteiger partial charge < -0.3 is 4.52 Å². The smallest absolute Gasteiger partial charge is 0.217 e. The number of hydrogen-bond donors (Lipinski definition) is 0. The third kappa shape index (κ3) is 2.34. The van der Waals surface area contributed by atoms with E-state index in [-0.39, 0.29) is 17.1 Å². The molecule has 0 unspecified atom stereocenters. The molecule has 2 aliphatic rings. The maximum Gasteiger partial charge on any atom is 0.217 e. The molecule has 1 aliphatic heterocycles. The molecule has 0 radical (unpaired) electrons. The van der Waals surface area contributed by atoms with Crippen LogP contribution in [0.25, 0.3) is 0 Å². The van der Waals surface area contributed by atoms with Crippen LogP contribution in [0.2, 0.25) is 0 Å². The highest BCUT2D eigenvalue weighted by Gasteiger charge is 2.47. The second-order valence-corrected chi connectivity index (χ2v) is 8.19. The fourth-order valence-electron chi connectivity index (χ4n) is 3.19. The van der Waals surface area contributed by atoms with Crippen LogP contribution in [0.3, 0.4) is 0 Å². The Bertz CT molecular complexity index is 742. The minimum atomic E-state index is -3.18. The van der Waals surface area contributed by atoms with Crippen molar-refractivity contribution in [1.82, 2.24) is 14.4 Å². The minimum Gasteiger partial charge on any atom is -0.343 e. The summed E-state index contributed by atoms with van der Waals surface area (Å²) in [6.07, 6.45) is 2.86. The number of sulfonamides is 1. The second kappa shape index (κ2) is 5.17. The standard InChI is InChI=1S/C15H17N3O3S/c19-22(20,12-6-7-12)18-8-13(11-4-2-1-3-5-11)14(9-18)15-16-10-21-17-15/h1-5,10,12-14H,6-9H2/t13-,14+/m1/s1. The molecule has 2 fully saturated rings. The Kier molecular flexibility index (Phi) is 3.27. The van der Waals surface area contributed by atoms with E-state index in [9.17, 15) is 8.42 Å². The number of benzene rings is 1.